The molecule has 1 aromatic heterocycles. The Morgan fingerprint density at radius 1 is 1.30 bits per heavy atom. The van der Waals surface area contributed by atoms with E-state index >= 15 is 0 Å². The Kier molecular flexibility index (Phi) is 6.40. The van der Waals surface area contributed by atoms with E-state index in [-0.39, 0.29) is 5.91 Å². The van der Waals surface area contributed by atoms with Gasteiger partial charge >= 0.3 is 0 Å². The van der Waals surface area contributed by atoms with Crippen LogP contribution >= 0.6 is 0 Å². The molecule has 1 atom stereocenters. The third-order valence-electron chi connectivity index (χ3n) is 5.01. The van der Waals surface area contributed by atoms with Crippen LogP contribution in [0.3, 0.4) is 0 Å². The Morgan fingerprint density at radius 3 is 2.74 bits per heavy atom. The van der Waals surface area contributed by atoms with Gasteiger partial charge in [-0.2, -0.15) is 0 Å². The predicted octanol–water partition coefficient (Wildman–Crippen LogP) is 3.49. The summed E-state index contributed by atoms with van der Waals surface area (Å²) >= 11 is 0. The number of hydrogen-bond acceptors (Lipinski definition) is 5. The van der Waals surface area contributed by atoms with Crippen LogP contribution in [0.4, 0.5) is 0 Å². The van der Waals surface area contributed by atoms with Crippen LogP contribution in [-0.2, 0) is 4.74 Å². The fourth-order valence-electron chi connectivity index (χ4n) is 3.47. The van der Waals surface area contributed by atoms with E-state index in [1.54, 1.807) is 12.0 Å². The largest absolute Gasteiger partial charge is 0.480 e. The minimum absolute atomic E-state index is 0.0295. The average molecular weight is 369 g/mol. The second-order valence-corrected chi connectivity index (χ2v) is 6.92. The standard InChI is InChI=1S/C21H27N3O3/c1-15-19(20(26-3)23-14-22-15)16-8-10-17(11-9-16)21(25)24(2)12-4-6-18-7-5-13-27-18/h8-11,14,18H,4-7,12-13H2,1-3H3/t18-/m0/s1. The van der Waals surface area contributed by atoms with E-state index < -0.39 is 0 Å². The molecule has 144 valence electrons. The number of rotatable bonds is 7. The van der Waals surface area contributed by atoms with Crippen LogP contribution in [-0.4, -0.2) is 54.2 Å². The van der Waals surface area contributed by atoms with Gasteiger partial charge in [-0.25, -0.2) is 9.97 Å². The summed E-state index contributed by atoms with van der Waals surface area (Å²) in [7, 11) is 3.44. The second-order valence-electron chi connectivity index (χ2n) is 6.92. The minimum atomic E-state index is 0.0295. The Hall–Kier alpha value is -2.47. The van der Waals surface area contributed by atoms with Gasteiger partial charge in [-0.05, 0) is 50.3 Å². The molecule has 1 saturated heterocycles. The third-order valence-corrected chi connectivity index (χ3v) is 5.01. The van der Waals surface area contributed by atoms with Crippen molar-refractivity contribution < 1.29 is 14.3 Å². The van der Waals surface area contributed by atoms with Gasteiger partial charge in [-0.1, -0.05) is 12.1 Å². The number of amides is 1. The molecule has 2 heterocycles. The van der Waals surface area contributed by atoms with Gasteiger partial charge in [-0.15, -0.1) is 0 Å². The van der Waals surface area contributed by atoms with E-state index in [0.717, 1.165) is 55.7 Å². The van der Waals surface area contributed by atoms with Gasteiger partial charge in [0.2, 0.25) is 5.88 Å². The number of carbonyl (C=O) groups excluding carboxylic acids is 1. The summed E-state index contributed by atoms with van der Waals surface area (Å²) in [6, 6.07) is 7.53. The first kappa shape index (κ1) is 19.3. The van der Waals surface area contributed by atoms with Crippen LogP contribution in [0.25, 0.3) is 11.1 Å². The van der Waals surface area contributed by atoms with Crippen molar-refractivity contribution in [2.75, 3.05) is 27.3 Å². The number of aryl methyl sites for hydroxylation is 1. The zero-order valence-corrected chi connectivity index (χ0v) is 16.3. The number of methoxy groups -OCH3 is 1. The van der Waals surface area contributed by atoms with Gasteiger partial charge in [0, 0.05) is 25.8 Å². The number of hydrogen-bond donors (Lipinski definition) is 0. The van der Waals surface area contributed by atoms with Crippen LogP contribution in [0.1, 0.15) is 41.7 Å². The number of benzene rings is 1. The smallest absolute Gasteiger partial charge is 0.253 e. The van der Waals surface area contributed by atoms with Crippen molar-refractivity contribution >= 4 is 5.91 Å². The summed E-state index contributed by atoms with van der Waals surface area (Å²) in [5.74, 6) is 0.565. The zero-order valence-electron chi connectivity index (χ0n) is 16.3. The molecule has 0 N–H and O–H groups in total. The maximum atomic E-state index is 12.7. The van der Waals surface area contributed by atoms with Gasteiger partial charge in [0.25, 0.3) is 5.91 Å². The molecule has 0 saturated carbocycles. The first-order valence-electron chi connectivity index (χ1n) is 9.43. The average Bonchev–Trinajstić information content (AvgIpc) is 3.20. The van der Waals surface area contributed by atoms with Crippen LogP contribution in [0.15, 0.2) is 30.6 Å². The van der Waals surface area contributed by atoms with Gasteiger partial charge in [0.1, 0.15) is 6.33 Å². The van der Waals surface area contributed by atoms with Crippen molar-refractivity contribution in [2.24, 2.45) is 0 Å². The summed E-state index contributed by atoms with van der Waals surface area (Å²) in [5, 5.41) is 0. The molecular formula is C21H27N3O3. The van der Waals surface area contributed by atoms with Crippen LogP contribution < -0.4 is 4.74 Å². The quantitative estimate of drug-likeness (QED) is 0.747. The molecular weight excluding hydrogens is 342 g/mol. The molecule has 6 heteroatoms. The molecule has 0 aliphatic carbocycles. The molecule has 0 spiro atoms. The second kappa shape index (κ2) is 8.95. The van der Waals surface area contributed by atoms with E-state index in [1.807, 2.05) is 38.2 Å². The van der Waals surface area contributed by atoms with E-state index in [9.17, 15) is 4.79 Å². The highest BCUT2D eigenvalue weighted by atomic mass is 16.5. The molecule has 6 nitrogen and oxygen atoms in total. The highest BCUT2D eigenvalue weighted by molar-refractivity contribution is 5.94. The Labute approximate surface area is 160 Å². The number of aromatic nitrogens is 2. The molecule has 0 radical (unpaired) electrons. The molecule has 1 amide bonds. The highest BCUT2D eigenvalue weighted by Crippen LogP contribution is 2.30. The number of nitrogens with zero attached hydrogens (tertiary/aromatic N) is 3. The number of ether oxygens (including phenoxy) is 2. The van der Waals surface area contributed by atoms with E-state index in [4.69, 9.17) is 9.47 Å². The molecule has 1 fully saturated rings. The number of carbonyl (C=O) groups is 1. The first-order valence-corrected chi connectivity index (χ1v) is 9.43. The SMILES string of the molecule is COc1ncnc(C)c1-c1ccc(C(=O)N(C)CCC[C@H]2CCCO2)cc1. The zero-order chi connectivity index (χ0) is 19.2. The lowest BCUT2D eigenvalue weighted by Gasteiger charge is -2.18. The Morgan fingerprint density at radius 2 is 2.07 bits per heavy atom. The molecule has 27 heavy (non-hydrogen) atoms. The lowest BCUT2D eigenvalue weighted by molar-refractivity contribution is 0.0763. The van der Waals surface area contributed by atoms with Crippen molar-refractivity contribution in [3.05, 3.63) is 41.9 Å². The molecule has 1 aliphatic rings. The van der Waals surface area contributed by atoms with Crippen molar-refractivity contribution in [3.8, 4) is 17.0 Å². The lowest BCUT2D eigenvalue weighted by Crippen LogP contribution is -2.28. The molecule has 0 bridgehead atoms. The summed E-state index contributed by atoms with van der Waals surface area (Å²) in [5.41, 5.74) is 3.30. The summed E-state index contributed by atoms with van der Waals surface area (Å²) in [6.07, 6.45) is 6.14. The molecule has 0 unspecified atom stereocenters. The first-order chi connectivity index (χ1) is 13.1. The highest BCUT2D eigenvalue weighted by Gasteiger charge is 2.17. The summed E-state index contributed by atoms with van der Waals surface area (Å²) in [6.45, 7) is 3.53. The molecule has 3 rings (SSSR count). The van der Waals surface area contributed by atoms with Crippen LogP contribution in [0.2, 0.25) is 0 Å². The van der Waals surface area contributed by atoms with Crippen molar-refractivity contribution in [2.45, 2.75) is 38.7 Å². The maximum Gasteiger partial charge on any atom is 0.253 e. The maximum absolute atomic E-state index is 12.7. The van der Waals surface area contributed by atoms with E-state index in [0.29, 0.717) is 17.5 Å². The predicted molar refractivity (Wildman–Crippen MR) is 104 cm³/mol. The van der Waals surface area contributed by atoms with Crippen molar-refractivity contribution in [1.82, 2.24) is 14.9 Å². The Balaban J connectivity index is 1.63. The van der Waals surface area contributed by atoms with Crippen LogP contribution in [0, 0.1) is 6.92 Å². The topological polar surface area (TPSA) is 64.6 Å². The minimum Gasteiger partial charge on any atom is -0.480 e. The molecule has 2 aromatic rings. The summed E-state index contributed by atoms with van der Waals surface area (Å²) < 4.78 is 11.0. The van der Waals surface area contributed by atoms with Gasteiger partial charge in [-0.3, -0.25) is 4.79 Å². The van der Waals surface area contributed by atoms with Crippen LogP contribution in [0.5, 0.6) is 5.88 Å². The normalized spacial score (nSPS) is 16.3. The monoisotopic (exact) mass is 369 g/mol. The van der Waals surface area contributed by atoms with Crippen molar-refractivity contribution in [1.29, 1.82) is 0 Å². The van der Waals surface area contributed by atoms with Crippen molar-refractivity contribution in [3.63, 3.8) is 0 Å². The van der Waals surface area contributed by atoms with E-state index in [2.05, 4.69) is 9.97 Å². The van der Waals surface area contributed by atoms with E-state index in [1.165, 1.54) is 6.33 Å². The van der Waals surface area contributed by atoms with Gasteiger partial charge in [0.05, 0.1) is 24.5 Å². The lowest BCUT2D eigenvalue weighted by atomic mass is 10.0. The molecule has 1 aromatic carbocycles. The Bertz CT molecular complexity index is 771. The van der Waals surface area contributed by atoms with Gasteiger partial charge < -0.3 is 14.4 Å². The molecule has 1 aliphatic heterocycles. The van der Waals surface area contributed by atoms with Gasteiger partial charge in [0.15, 0.2) is 0 Å². The fraction of sp³-hybridized carbons (Fsp3) is 0.476. The fourth-order valence-corrected chi connectivity index (χ4v) is 3.47. The third kappa shape index (κ3) is 4.63. The summed E-state index contributed by atoms with van der Waals surface area (Å²) in [4.78, 5) is 22.8.